The van der Waals surface area contributed by atoms with Gasteiger partial charge in [-0.05, 0) is 25.1 Å². The Labute approximate surface area is 157 Å². The first-order valence-corrected chi connectivity index (χ1v) is 11.1. The summed E-state index contributed by atoms with van der Waals surface area (Å²) in [5.74, 6) is 0. The summed E-state index contributed by atoms with van der Waals surface area (Å²) in [6.07, 6.45) is 22.7. The van der Waals surface area contributed by atoms with Gasteiger partial charge in [0.05, 0.1) is 6.10 Å². The van der Waals surface area contributed by atoms with Crippen LogP contribution in [0.5, 0.6) is 0 Å². The van der Waals surface area contributed by atoms with Gasteiger partial charge < -0.3 is 5.11 Å². The standard InChI is InChI=1S/C21H44ClNO/c1-3-4-5-6-7-8-9-10-11-12-13-14-15-16-17-18-19-21(24)20(2)23-22/h20-21,23-24H,3-19H2,1-2H3/t20-,21+/m0/s1. The third-order valence-corrected chi connectivity index (χ3v) is 5.45. The molecule has 2 N–H and O–H groups in total. The van der Waals surface area contributed by atoms with Gasteiger partial charge in [-0.15, -0.1) is 0 Å². The summed E-state index contributed by atoms with van der Waals surface area (Å²) in [5.41, 5.74) is 0. The molecule has 0 saturated heterocycles. The lowest BCUT2D eigenvalue weighted by atomic mass is 10.0. The van der Waals surface area contributed by atoms with Gasteiger partial charge in [0, 0.05) is 6.04 Å². The van der Waals surface area contributed by atoms with Gasteiger partial charge in [-0.2, -0.15) is 0 Å². The Bertz CT molecular complexity index is 238. The largest absolute Gasteiger partial charge is 0.391 e. The average molecular weight is 362 g/mol. The summed E-state index contributed by atoms with van der Waals surface area (Å²) >= 11 is 5.51. The first-order chi connectivity index (χ1) is 11.7. The highest BCUT2D eigenvalue weighted by Gasteiger charge is 2.11. The molecule has 2 nitrogen and oxygen atoms in total. The zero-order valence-electron chi connectivity index (χ0n) is 16.5. The Morgan fingerprint density at radius 3 is 1.33 bits per heavy atom. The summed E-state index contributed by atoms with van der Waals surface area (Å²) in [6, 6.07) is -0.0111. The van der Waals surface area contributed by atoms with Gasteiger partial charge in [-0.1, -0.05) is 110 Å². The third-order valence-electron chi connectivity index (χ3n) is 5.10. The van der Waals surface area contributed by atoms with Crippen molar-refractivity contribution in [3.8, 4) is 0 Å². The fraction of sp³-hybridized carbons (Fsp3) is 1.00. The van der Waals surface area contributed by atoms with E-state index in [-0.39, 0.29) is 12.1 Å². The van der Waals surface area contributed by atoms with Gasteiger partial charge >= 0.3 is 0 Å². The van der Waals surface area contributed by atoms with E-state index in [0.717, 1.165) is 12.8 Å². The van der Waals surface area contributed by atoms with Gasteiger partial charge in [0.15, 0.2) is 0 Å². The number of rotatable bonds is 19. The highest BCUT2D eigenvalue weighted by molar-refractivity contribution is 6.13. The van der Waals surface area contributed by atoms with Crippen molar-refractivity contribution in [3.05, 3.63) is 0 Å². The van der Waals surface area contributed by atoms with Crippen LogP contribution in [0.3, 0.4) is 0 Å². The molecular formula is C21H44ClNO. The molecule has 24 heavy (non-hydrogen) atoms. The molecule has 146 valence electrons. The smallest absolute Gasteiger partial charge is 0.0703 e. The minimum Gasteiger partial charge on any atom is -0.391 e. The second-order valence-electron chi connectivity index (χ2n) is 7.56. The molecule has 2 atom stereocenters. The maximum absolute atomic E-state index is 9.79. The molecule has 0 radical (unpaired) electrons. The predicted molar refractivity (Wildman–Crippen MR) is 109 cm³/mol. The van der Waals surface area contributed by atoms with Crippen molar-refractivity contribution >= 4 is 11.8 Å². The Hall–Kier alpha value is 0.210. The van der Waals surface area contributed by atoms with Crippen LogP contribution in [0.15, 0.2) is 0 Å². The molecule has 0 aromatic heterocycles. The Balaban J connectivity index is 3.08. The van der Waals surface area contributed by atoms with Crippen LogP contribution in [-0.2, 0) is 0 Å². The average Bonchev–Trinajstić information content (AvgIpc) is 2.60. The van der Waals surface area contributed by atoms with E-state index in [9.17, 15) is 5.11 Å². The SMILES string of the molecule is CCCCCCCCCCCCCCCCCC[C@@H](O)[C@H](C)NCl. The maximum Gasteiger partial charge on any atom is 0.0703 e. The first kappa shape index (κ1) is 24.2. The van der Waals surface area contributed by atoms with Gasteiger partial charge in [-0.25, -0.2) is 4.84 Å². The van der Waals surface area contributed by atoms with E-state index in [4.69, 9.17) is 11.8 Å². The summed E-state index contributed by atoms with van der Waals surface area (Å²) in [5, 5.41) is 9.79. The maximum atomic E-state index is 9.79. The molecule has 0 fully saturated rings. The van der Waals surface area contributed by atoms with E-state index in [1.54, 1.807) is 0 Å². The summed E-state index contributed by atoms with van der Waals surface area (Å²) in [6.45, 7) is 4.20. The zero-order valence-corrected chi connectivity index (χ0v) is 17.3. The second-order valence-corrected chi connectivity index (χ2v) is 7.78. The quantitative estimate of drug-likeness (QED) is 0.189. The van der Waals surface area contributed by atoms with Crippen molar-refractivity contribution < 1.29 is 5.11 Å². The van der Waals surface area contributed by atoms with Crippen molar-refractivity contribution in [3.63, 3.8) is 0 Å². The molecule has 0 amide bonds. The zero-order chi connectivity index (χ0) is 17.9. The number of unbranched alkanes of at least 4 members (excludes halogenated alkanes) is 15. The van der Waals surface area contributed by atoms with Gasteiger partial charge in [0.1, 0.15) is 0 Å². The number of aliphatic hydroxyl groups is 1. The van der Waals surface area contributed by atoms with Crippen LogP contribution in [-0.4, -0.2) is 17.3 Å². The molecule has 0 unspecified atom stereocenters. The molecule has 0 spiro atoms. The van der Waals surface area contributed by atoms with Gasteiger partial charge in [-0.3, -0.25) is 0 Å². The van der Waals surface area contributed by atoms with Crippen LogP contribution in [0.1, 0.15) is 123 Å². The topological polar surface area (TPSA) is 32.3 Å². The van der Waals surface area contributed by atoms with Gasteiger partial charge in [0.25, 0.3) is 0 Å². The monoisotopic (exact) mass is 361 g/mol. The van der Waals surface area contributed by atoms with Crippen LogP contribution in [0.2, 0.25) is 0 Å². The summed E-state index contributed by atoms with van der Waals surface area (Å²) in [4.78, 5) is 2.59. The van der Waals surface area contributed by atoms with E-state index in [1.165, 1.54) is 96.3 Å². The van der Waals surface area contributed by atoms with Crippen LogP contribution in [0.4, 0.5) is 0 Å². The van der Waals surface area contributed by atoms with Crippen molar-refractivity contribution in [2.75, 3.05) is 0 Å². The lowest BCUT2D eigenvalue weighted by Gasteiger charge is -2.16. The molecule has 0 aromatic rings. The fourth-order valence-electron chi connectivity index (χ4n) is 3.22. The highest BCUT2D eigenvalue weighted by Crippen LogP contribution is 2.14. The number of halogens is 1. The molecule has 0 aliphatic rings. The molecule has 0 bridgehead atoms. The lowest BCUT2D eigenvalue weighted by Crippen LogP contribution is -2.31. The van der Waals surface area contributed by atoms with E-state index >= 15 is 0 Å². The Morgan fingerprint density at radius 2 is 1.00 bits per heavy atom. The van der Waals surface area contributed by atoms with E-state index in [0.29, 0.717) is 0 Å². The number of nitrogens with one attached hydrogen (secondary N) is 1. The van der Waals surface area contributed by atoms with Crippen molar-refractivity contribution in [1.29, 1.82) is 0 Å². The van der Waals surface area contributed by atoms with E-state index in [1.807, 2.05) is 6.92 Å². The summed E-state index contributed by atoms with van der Waals surface area (Å²) < 4.78 is 0. The number of aliphatic hydroxyl groups excluding tert-OH is 1. The molecule has 0 aliphatic heterocycles. The minimum atomic E-state index is -0.311. The molecular weight excluding hydrogens is 318 g/mol. The first-order valence-electron chi connectivity index (χ1n) is 10.8. The lowest BCUT2D eigenvalue weighted by molar-refractivity contribution is 0.132. The molecule has 3 heteroatoms. The van der Waals surface area contributed by atoms with Gasteiger partial charge in [0.2, 0.25) is 0 Å². The Kier molecular flexibility index (Phi) is 19.7. The van der Waals surface area contributed by atoms with E-state index < -0.39 is 0 Å². The molecule has 0 rings (SSSR count). The Morgan fingerprint density at radius 1 is 0.667 bits per heavy atom. The molecule has 0 heterocycles. The molecule has 0 aliphatic carbocycles. The normalized spacial score (nSPS) is 14.0. The van der Waals surface area contributed by atoms with Crippen LogP contribution < -0.4 is 4.84 Å². The highest BCUT2D eigenvalue weighted by atomic mass is 35.5. The predicted octanol–water partition coefficient (Wildman–Crippen LogP) is 7.13. The minimum absolute atomic E-state index is 0.0111. The molecule has 0 saturated carbocycles. The molecule has 0 aromatic carbocycles. The van der Waals surface area contributed by atoms with Crippen molar-refractivity contribution in [2.45, 2.75) is 135 Å². The van der Waals surface area contributed by atoms with Crippen LogP contribution >= 0.6 is 11.8 Å². The number of hydrogen-bond acceptors (Lipinski definition) is 2. The van der Waals surface area contributed by atoms with Crippen molar-refractivity contribution in [1.82, 2.24) is 4.84 Å². The number of hydrogen-bond donors (Lipinski definition) is 2. The second kappa shape index (κ2) is 19.5. The van der Waals surface area contributed by atoms with Crippen molar-refractivity contribution in [2.24, 2.45) is 0 Å². The van der Waals surface area contributed by atoms with Crippen LogP contribution in [0, 0.1) is 0 Å². The third kappa shape index (κ3) is 17.0. The van der Waals surface area contributed by atoms with Crippen LogP contribution in [0.25, 0.3) is 0 Å². The van der Waals surface area contributed by atoms with E-state index in [2.05, 4.69) is 11.8 Å². The fourth-order valence-corrected chi connectivity index (χ4v) is 3.37. The summed E-state index contributed by atoms with van der Waals surface area (Å²) in [7, 11) is 0.